The zero-order valence-corrected chi connectivity index (χ0v) is 18.5. The van der Waals surface area contributed by atoms with Gasteiger partial charge in [0.05, 0.1) is 11.6 Å². The summed E-state index contributed by atoms with van der Waals surface area (Å²) in [5.41, 5.74) is 7.76. The van der Waals surface area contributed by atoms with Crippen molar-refractivity contribution in [1.29, 1.82) is 0 Å². The number of fused-ring (bicyclic) bond motifs is 1. The Morgan fingerprint density at radius 3 is 2.83 bits per heavy atom. The van der Waals surface area contributed by atoms with Crippen LogP contribution in [0.1, 0.15) is 13.8 Å². The topological polar surface area (TPSA) is 83.2 Å². The zero-order chi connectivity index (χ0) is 21.3. The Kier molecular flexibility index (Phi) is 5.87. The molecule has 0 amide bonds. The second-order valence-electron chi connectivity index (χ2n) is 7.68. The summed E-state index contributed by atoms with van der Waals surface area (Å²) in [7, 11) is 0. The van der Waals surface area contributed by atoms with Crippen molar-refractivity contribution in [1.82, 2.24) is 19.9 Å². The largest absolute Gasteiger partial charge is 0.383 e. The molecule has 0 radical (unpaired) electrons. The molecule has 0 saturated carbocycles. The monoisotopic (exact) mass is 441 g/mol. The summed E-state index contributed by atoms with van der Waals surface area (Å²) in [5, 5.41) is 5.37. The fourth-order valence-electron chi connectivity index (χ4n) is 3.83. The molecule has 9 heteroatoms. The molecule has 0 bridgehead atoms. The first-order chi connectivity index (χ1) is 14.4. The van der Waals surface area contributed by atoms with E-state index in [0.29, 0.717) is 16.8 Å². The van der Waals surface area contributed by atoms with Gasteiger partial charge in [0.15, 0.2) is 5.11 Å². The van der Waals surface area contributed by atoms with E-state index in [-0.39, 0.29) is 11.3 Å². The molecule has 4 rings (SSSR count). The number of halogens is 1. The third kappa shape index (κ3) is 4.24. The van der Waals surface area contributed by atoms with Gasteiger partial charge >= 0.3 is 0 Å². The molecule has 1 atom stereocenters. The number of thiocarbonyl (C=S) groups is 1. The van der Waals surface area contributed by atoms with Gasteiger partial charge in [-0.3, -0.25) is 4.98 Å². The molecule has 156 valence electrons. The van der Waals surface area contributed by atoms with Gasteiger partial charge in [0.25, 0.3) is 0 Å². The minimum Gasteiger partial charge on any atom is -0.383 e. The average Bonchev–Trinajstić information content (AvgIpc) is 2.73. The zero-order valence-electron chi connectivity index (χ0n) is 16.9. The molecule has 1 aliphatic rings. The van der Waals surface area contributed by atoms with Crippen molar-refractivity contribution in [3.63, 3.8) is 0 Å². The SMILES string of the molecule is CC(C)C1CN(c2cc(N)nc(Cl)n2)CCN1C(=S)Nc1cccc2ncccc12. The van der Waals surface area contributed by atoms with E-state index < -0.39 is 0 Å². The minimum atomic E-state index is 0.162. The van der Waals surface area contributed by atoms with Gasteiger partial charge in [-0.15, -0.1) is 0 Å². The summed E-state index contributed by atoms with van der Waals surface area (Å²) in [5.74, 6) is 1.50. The summed E-state index contributed by atoms with van der Waals surface area (Å²) < 4.78 is 0. The van der Waals surface area contributed by atoms with Crippen LogP contribution in [-0.4, -0.2) is 50.6 Å². The number of nitrogens with two attached hydrogens (primary N) is 1. The van der Waals surface area contributed by atoms with E-state index in [1.165, 1.54) is 0 Å². The van der Waals surface area contributed by atoms with Crippen LogP contribution >= 0.6 is 23.8 Å². The lowest BCUT2D eigenvalue weighted by Crippen LogP contribution is -2.58. The second kappa shape index (κ2) is 8.57. The maximum absolute atomic E-state index is 6.01. The molecule has 7 nitrogen and oxygen atoms in total. The van der Waals surface area contributed by atoms with E-state index in [0.717, 1.165) is 42.0 Å². The Morgan fingerprint density at radius 2 is 2.07 bits per heavy atom. The fraction of sp³-hybridized carbons (Fsp3) is 0.333. The van der Waals surface area contributed by atoms with Crippen LogP contribution < -0.4 is 16.0 Å². The van der Waals surface area contributed by atoms with E-state index >= 15 is 0 Å². The number of piperazine rings is 1. The van der Waals surface area contributed by atoms with Crippen LogP contribution in [0.2, 0.25) is 5.28 Å². The van der Waals surface area contributed by atoms with Crippen molar-refractivity contribution in [2.45, 2.75) is 19.9 Å². The Balaban J connectivity index is 1.54. The minimum absolute atomic E-state index is 0.162. The van der Waals surface area contributed by atoms with Gasteiger partial charge in [-0.25, -0.2) is 9.97 Å². The molecule has 1 aromatic carbocycles. The van der Waals surface area contributed by atoms with Crippen molar-refractivity contribution in [2.75, 3.05) is 35.6 Å². The first-order valence-corrected chi connectivity index (χ1v) is 10.7. The second-order valence-corrected chi connectivity index (χ2v) is 8.40. The smallest absolute Gasteiger partial charge is 0.226 e. The van der Waals surface area contributed by atoms with Gasteiger partial charge in [-0.05, 0) is 54.0 Å². The van der Waals surface area contributed by atoms with Gasteiger partial charge in [0, 0.05) is 43.0 Å². The lowest BCUT2D eigenvalue weighted by atomic mass is 10.00. The molecule has 1 unspecified atom stereocenters. The highest BCUT2D eigenvalue weighted by Crippen LogP contribution is 2.26. The molecule has 3 heterocycles. The van der Waals surface area contributed by atoms with Gasteiger partial charge < -0.3 is 20.9 Å². The number of aromatic nitrogens is 3. The van der Waals surface area contributed by atoms with Crippen LogP contribution in [0.25, 0.3) is 10.9 Å². The maximum Gasteiger partial charge on any atom is 0.226 e. The van der Waals surface area contributed by atoms with Crippen molar-refractivity contribution >= 4 is 57.2 Å². The van der Waals surface area contributed by atoms with Crippen molar-refractivity contribution in [3.05, 3.63) is 47.9 Å². The first kappa shape index (κ1) is 20.6. The molecule has 1 fully saturated rings. The van der Waals surface area contributed by atoms with Crippen LogP contribution in [0.3, 0.4) is 0 Å². The third-order valence-electron chi connectivity index (χ3n) is 5.37. The van der Waals surface area contributed by atoms with Gasteiger partial charge in [0.2, 0.25) is 5.28 Å². The number of benzene rings is 1. The summed E-state index contributed by atoms with van der Waals surface area (Å²) >= 11 is 11.8. The maximum atomic E-state index is 6.01. The molecule has 3 aromatic rings. The molecule has 2 aromatic heterocycles. The average molecular weight is 442 g/mol. The van der Waals surface area contributed by atoms with Crippen LogP contribution in [0.4, 0.5) is 17.3 Å². The molecule has 1 saturated heterocycles. The van der Waals surface area contributed by atoms with E-state index in [4.69, 9.17) is 29.6 Å². The number of hydrogen-bond acceptors (Lipinski definition) is 6. The third-order valence-corrected chi connectivity index (χ3v) is 5.87. The van der Waals surface area contributed by atoms with Crippen LogP contribution in [0.5, 0.6) is 0 Å². The quantitative estimate of drug-likeness (QED) is 0.469. The van der Waals surface area contributed by atoms with Crippen LogP contribution in [0, 0.1) is 5.92 Å². The summed E-state index contributed by atoms with van der Waals surface area (Å²) in [6, 6.07) is 12.0. The molecule has 30 heavy (non-hydrogen) atoms. The van der Waals surface area contributed by atoms with Crippen LogP contribution in [0.15, 0.2) is 42.6 Å². The molecular formula is C21H24ClN7S. The fourth-order valence-corrected chi connectivity index (χ4v) is 4.35. The standard InChI is InChI=1S/C21H24ClN7S/c1-13(2)17-12-28(19-11-18(23)26-20(22)27-19)9-10-29(17)21(30)25-16-7-3-6-15-14(16)5-4-8-24-15/h3-8,11,13,17H,9-10,12H2,1-2H3,(H,25,30)(H2,23,26,27). The van der Waals surface area contributed by atoms with E-state index in [2.05, 4.69) is 50.0 Å². The van der Waals surface area contributed by atoms with Crippen LogP contribution in [-0.2, 0) is 0 Å². The number of rotatable bonds is 3. The lowest BCUT2D eigenvalue weighted by molar-refractivity contribution is 0.227. The number of anilines is 3. The van der Waals surface area contributed by atoms with Gasteiger partial charge in [0.1, 0.15) is 11.6 Å². The lowest BCUT2D eigenvalue weighted by Gasteiger charge is -2.45. The Hall–Kier alpha value is -2.71. The van der Waals surface area contributed by atoms with Gasteiger partial charge in [-0.1, -0.05) is 19.9 Å². The highest BCUT2D eigenvalue weighted by Gasteiger charge is 2.32. The summed E-state index contributed by atoms with van der Waals surface area (Å²) in [6.07, 6.45) is 1.80. The molecule has 3 N–H and O–H groups in total. The van der Waals surface area contributed by atoms with Crippen molar-refractivity contribution in [2.24, 2.45) is 5.92 Å². The molecule has 1 aliphatic heterocycles. The molecule has 0 spiro atoms. The number of pyridine rings is 1. The highest BCUT2D eigenvalue weighted by molar-refractivity contribution is 7.80. The predicted molar refractivity (Wildman–Crippen MR) is 127 cm³/mol. The Morgan fingerprint density at radius 1 is 1.23 bits per heavy atom. The normalized spacial score (nSPS) is 16.9. The van der Waals surface area contributed by atoms with Gasteiger partial charge in [-0.2, -0.15) is 0 Å². The Labute approximate surface area is 186 Å². The number of hydrogen-bond donors (Lipinski definition) is 2. The Bertz CT molecular complexity index is 1050. The van der Waals surface area contributed by atoms with E-state index in [1.807, 2.05) is 24.3 Å². The summed E-state index contributed by atoms with van der Waals surface area (Å²) in [4.78, 5) is 17.2. The molecule has 0 aliphatic carbocycles. The number of nitrogens with one attached hydrogen (secondary N) is 1. The molecular weight excluding hydrogens is 418 g/mol. The predicted octanol–water partition coefficient (Wildman–Crippen LogP) is 3.80. The number of nitrogens with zero attached hydrogens (tertiary/aromatic N) is 5. The highest BCUT2D eigenvalue weighted by atomic mass is 35.5. The van der Waals surface area contributed by atoms with E-state index in [9.17, 15) is 0 Å². The summed E-state index contributed by atoms with van der Waals surface area (Å²) in [6.45, 7) is 6.69. The van der Waals surface area contributed by atoms with E-state index in [1.54, 1.807) is 12.3 Å². The van der Waals surface area contributed by atoms with Crippen molar-refractivity contribution in [3.8, 4) is 0 Å². The number of nitrogen functional groups attached to an aromatic ring is 1. The van der Waals surface area contributed by atoms with Crippen molar-refractivity contribution < 1.29 is 0 Å². The first-order valence-electron chi connectivity index (χ1n) is 9.89.